The number of carbonyl (C=O) groups is 1. The van der Waals surface area contributed by atoms with E-state index in [4.69, 9.17) is 4.74 Å². The molecule has 1 aliphatic carbocycles. The van der Waals surface area contributed by atoms with Crippen molar-refractivity contribution in [3.63, 3.8) is 0 Å². The summed E-state index contributed by atoms with van der Waals surface area (Å²) in [6.07, 6.45) is 5.65. The first-order chi connectivity index (χ1) is 9.72. The van der Waals surface area contributed by atoms with Gasteiger partial charge >= 0.3 is 6.09 Å². The molecule has 2 fully saturated rings. The summed E-state index contributed by atoms with van der Waals surface area (Å²) in [7, 11) is 3.23. The third-order valence-corrected chi connectivity index (χ3v) is 4.03. The Morgan fingerprint density at radius 3 is 2.48 bits per heavy atom. The van der Waals surface area contributed by atoms with E-state index in [1.54, 1.807) is 11.9 Å². The van der Waals surface area contributed by atoms with Gasteiger partial charge in [-0.1, -0.05) is 12.8 Å². The Hall–Kier alpha value is -0.730. The monoisotopic (exact) mass is 410 g/mol. The number of rotatable bonds is 4. The molecule has 0 spiro atoms. The number of hydrogen-bond donors (Lipinski definition) is 2. The molecule has 1 amide bonds. The van der Waals surface area contributed by atoms with Gasteiger partial charge in [-0.05, 0) is 25.2 Å². The van der Waals surface area contributed by atoms with Gasteiger partial charge in [0.25, 0.3) is 0 Å². The van der Waals surface area contributed by atoms with Crippen LogP contribution in [0.4, 0.5) is 4.79 Å². The molecule has 2 rings (SSSR count). The average molecular weight is 410 g/mol. The van der Waals surface area contributed by atoms with Crippen LogP contribution in [0.3, 0.4) is 0 Å². The molecular formula is C14H27IN4O2. The average Bonchev–Trinajstić information content (AvgIpc) is 3.30. The molecule has 1 heterocycles. The van der Waals surface area contributed by atoms with E-state index >= 15 is 0 Å². The number of guanidine groups is 1. The number of nitrogens with one attached hydrogen (secondary N) is 2. The molecule has 21 heavy (non-hydrogen) atoms. The topological polar surface area (TPSA) is 66.0 Å². The predicted octanol–water partition coefficient (Wildman–Crippen LogP) is 1.80. The van der Waals surface area contributed by atoms with Gasteiger partial charge < -0.3 is 20.3 Å². The van der Waals surface area contributed by atoms with E-state index in [1.807, 2.05) is 0 Å². The van der Waals surface area contributed by atoms with Gasteiger partial charge in [-0.3, -0.25) is 4.99 Å². The second-order valence-electron chi connectivity index (χ2n) is 5.61. The Bertz CT molecular complexity index is 353. The molecule has 7 heteroatoms. The Morgan fingerprint density at radius 1 is 1.29 bits per heavy atom. The summed E-state index contributed by atoms with van der Waals surface area (Å²) in [5, 5.41) is 6.80. The lowest BCUT2D eigenvalue weighted by atomic mass is 10.1. The number of nitrogens with zero attached hydrogens (tertiary/aromatic N) is 2. The standard InChI is InChI=1S/C14H26N4O2.HI/c1-15-13(16-8-5-11-3-4-11)17-12-6-9-18(10-7-12)14(19)20-2;/h11-12H,3-10H2,1-2H3,(H2,15,16,17);1H. The summed E-state index contributed by atoms with van der Waals surface area (Å²) in [5.41, 5.74) is 0. The van der Waals surface area contributed by atoms with Gasteiger partial charge in [-0.2, -0.15) is 0 Å². The molecule has 1 aliphatic heterocycles. The smallest absolute Gasteiger partial charge is 0.409 e. The number of aliphatic imine (C=N–C) groups is 1. The highest BCUT2D eigenvalue weighted by molar-refractivity contribution is 14.0. The van der Waals surface area contributed by atoms with Crippen molar-refractivity contribution in [2.75, 3.05) is 33.8 Å². The van der Waals surface area contributed by atoms with Crippen LogP contribution in [-0.2, 0) is 4.74 Å². The largest absolute Gasteiger partial charge is 0.453 e. The first kappa shape index (κ1) is 18.3. The van der Waals surface area contributed by atoms with Gasteiger partial charge in [0.05, 0.1) is 7.11 Å². The van der Waals surface area contributed by atoms with E-state index in [9.17, 15) is 4.79 Å². The highest BCUT2D eigenvalue weighted by atomic mass is 127. The molecule has 0 bridgehead atoms. The molecule has 0 unspecified atom stereocenters. The lowest BCUT2D eigenvalue weighted by Crippen LogP contribution is -2.49. The molecule has 6 nitrogen and oxygen atoms in total. The molecule has 1 saturated carbocycles. The summed E-state index contributed by atoms with van der Waals surface area (Å²) in [6.45, 7) is 2.47. The SMILES string of the molecule is CN=C(NCCC1CC1)NC1CCN(C(=O)OC)CC1.I. The second-order valence-corrected chi connectivity index (χ2v) is 5.61. The van der Waals surface area contributed by atoms with Crippen LogP contribution in [0.5, 0.6) is 0 Å². The second kappa shape index (κ2) is 9.32. The minimum Gasteiger partial charge on any atom is -0.453 e. The maximum Gasteiger partial charge on any atom is 0.409 e. The van der Waals surface area contributed by atoms with Crippen LogP contribution < -0.4 is 10.6 Å². The molecule has 2 aliphatic rings. The number of amides is 1. The van der Waals surface area contributed by atoms with Gasteiger partial charge in [-0.15, -0.1) is 24.0 Å². The van der Waals surface area contributed by atoms with Crippen molar-refractivity contribution < 1.29 is 9.53 Å². The van der Waals surface area contributed by atoms with Crippen molar-refractivity contribution in [3.8, 4) is 0 Å². The van der Waals surface area contributed by atoms with Crippen LogP contribution in [0.1, 0.15) is 32.1 Å². The molecule has 0 aromatic rings. The lowest BCUT2D eigenvalue weighted by Gasteiger charge is -2.32. The summed E-state index contributed by atoms with van der Waals surface area (Å²) < 4.78 is 4.74. The summed E-state index contributed by atoms with van der Waals surface area (Å²) in [6, 6.07) is 0.378. The van der Waals surface area contributed by atoms with E-state index in [1.165, 1.54) is 26.4 Å². The maximum absolute atomic E-state index is 11.4. The van der Waals surface area contributed by atoms with Crippen LogP contribution in [0, 0.1) is 5.92 Å². The maximum atomic E-state index is 11.4. The van der Waals surface area contributed by atoms with Crippen LogP contribution in [-0.4, -0.2) is 56.8 Å². The number of methoxy groups -OCH3 is 1. The Morgan fingerprint density at radius 2 is 1.95 bits per heavy atom. The zero-order chi connectivity index (χ0) is 14.4. The molecule has 0 atom stereocenters. The van der Waals surface area contributed by atoms with Gasteiger partial charge in [0.15, 0.2) is 5.96 Å². The Labute approximate surface area is 144 Å². The van der Waals surface area contributed by atoms with Gasteiger partial charge in [-0.25, -0.2) is 4.79 Å². The van der Waals surface area contributed by atoms with Gasteiger partial charge in [0.1, 0.15) is 0 Å². The summed E-state index contributed by atoms with van der Waals surface area (Å²) in [4.78, 5) is 17.4. The first-order valence-corrected chi connectivity index (χ1v) is 7.53. The first-order valence-electron chi connectivity index (χ1n) is 7.53. The zero-order valence-corrected chi connectivity index (χ0v) is 15.3. The van der Waals surface area contributed by atoms with Gasteiger partial charge in [0.2, 0.25) is 0 Å². The van der Waals surface area contributed by atoms with E-state index in [-0.39, 0.29) is 30.1 Å². The van der Waals surface area contributed by atoms with E-state index in [2.05, 4.69) is 15.6 Å². The van der Waals surface area contributed by atoms with Crippen LogP contribution in [0.25, 0.3) is 0 Å². The fourth-order valence-electron chi connectivity index (χ4n) is 2.52. The Kier molecular flexibility index (Phi) is 8.13. The van der Waals surface area contributed by atoms with Crippen LogP contribution in [0.15, 0.2) is 4.99 Å². The summed E-state index contributed by atoms with van der Waals surface area (Å²) in [5.74, 6) is 1.81. The van der Waals surface area contributed by atoms with Crippen molar-refractivity contribution in [2.24, 2.45) is 10.9 Å². The van der Waals surface area contributed by atoms with Crippen molar-refractivity contribution in [1.82, 2.24) is 15.5 Å². The van der Waals surface area contributed by atoms with Crippen LogP contribution >= 0.6 is 24.0 Å². The fourth-order valence-corrected chi connectivity index (χ4v) is 2.52. The molecule has 122 valence electrons. The highest BCUT2D eigenvalue weighted by Gasteiger charge is 2.24. The van der Waals surface area contributed by atoms with Crippen LogP contribution in [0.2, 0.25) is 0 Å². The van der Waals surface area contributed by atoms with E-state index < -0.39 is 0 Å². The number of ether oxygens (including phenoxy) is 1. The molecule has 0 aromatic carbocycles. The quantitative estimate of drug-likeness (QED) is 0.422. The van der Waals surface area contributed by atoms with Crippen molar-refractivity contribution in [2.45, 2.75) is 38.1 Å². The fraction of sp³-hybridized carbons (Fsp3) is 0.857. The minimum atomic E-state index is -0.226. The van der Waals surface area contributed by atoms with E-state index in [0.29, 0.717) is 6.04 Å². The number of carbonyl (C=O) groups excluding carboxylic acids is 1. The molecular weight excluding hydrogens is 383 g/mol. The molecule has 2 N–H and O–H groups in total. The summed E-state index contributed by atoms with van der Waals surface area (Å²) >= 11 is 0. The number of likely N-dealkylation sites (tertiary alicyclic amines) is 1. The number of piperidine rings is 1. The third kappa shape index (κ3) is 6.27. The normalized spacial score (nSPS) is 19.7. The van der Waals surface area contributed by atoms with Crippen molar-refractivity contribution in [1.29, 1.82) is 0 Å². The Balaban J connectivity index is 0.00000220. The van der Waals surface area contributed by atoms with E-state index in [0.717, 1.165) is 44.4 Å². The number of hydrogen-bond acceptors (Lipinski definition) is 3. The third-order valence-electron chi connectivity index (χ3n) is 4.03. The lowest BCUT2D eigenvalue weighted by molar-refractivity contribution is 0.111. The molecule has 0 radical (unpaired) electrons. The van der Waals surface area contributed by atoms with Crippen molar-refractivity contribution >= 4 is 36.0 Å². The van der Waals surface area contributed by atoms with Gasteiger partial charge in [0, 0.05) is 32.7 Å². The molecule has 0 aromatic heterocycles. The minimum absolute atomic E-state index is 0. The van der Waals surface area contributed by atoms with Crippen molar-refractivity contribution in [3.05, 3.63) is 0 Å². The number of halogens is 1. The zero-order valence-electron chi connectivity index (χ0n) is 12.9. The highest BCUT2D eigenvalue weighted by Crippen LogP contribution is 2.31. The molecule has 1 saturated heterocycles. The predicted molar refractivity (Wildman–Crippen MR) is 94.3 cm³/mol.